The van der Waals surface area contributed by atoms with E-state index in [4.69, 9.17) is 10.5 Å². The molecule has 4 heteroatoms. The van der Waals surface area contributed by atoms with Gasteiger partial charge >= 0.3 is 0 Å². The van der Waals surface area contributed by atoms with Crippen LogP contribution in [-0.4, -0.2) is 46.8 Å². The molecule has 0 aromatic rings. The molecule has 0 amide bonds. The molecular weight excluding hydrogens is 192 g/mol. The quantitative estimate of drug-likeness (QED) is 0.546. The van der Waals surface area contributed by atoms with Crippen LogP contribution in [0.4, 0.5) is 0 Å². The van der Waals surface area contributed by atoms with Crippen LogP contribution < -0.4 is 5.73 Å². The minimum atomic E-state index is -0.841. The van der Waals surface area contributed by atoms with Crippen LogP contribution in [0.2, 0.25) is 12.1 Å². The van der Waals surface area contributed by atoms with Crippen LogP contribution in [0.5, 0.6) is 0 Å². The molecule has 2 N–H and O–H groups in total. The average molecular weight is 216 g/mol. The molecule has 2 unspecified atom stereocenters. The van der Waals surface area contributed by atoms with Crippen LogP contribution in [0, 0.1) is 0 Å². The second kappa shape index (κ2) is 5.26. The van der Waals surface area contributed by atoms with E-state index in [0.29, 0.717) is 0 Å². The van der Waals surface area contributed by atoms with Gasteiger partial charge in [0.25, 0.3) is 0 Å². The maximum absolute atomic E-state index is 6.25. The SMILES string of the molecule is COC1(N)CCC[SiH]1CCCN(C)C. The number of nitrogens with two attached hydrogens (primary N) is 1. The monoisotopic (exact) mass is 216 g/mol. The zero-order valence-corrected chi connectivity index (χ0v) is 10.9. The van der Waals surface area contributed by atoms with Crippen molar-refractivity contribution in [3.8, 4) is 0 Å². The van der Waals surface area contributed by atoms with Crippen LogP contribution in [0.1, 0.15) is 19.3 Å². The predicted molar refractivity (Wildman–Crippen MR) is 63.1 cm³/mol. The van der Waals surface area contributed by atoms with Crippen molar-refractivity contribution >= 4 is 8.80 Å². The fraction of sp³-hybridized carbons (Fsp3) is 1.00. The Balaban J connectivity index is 2.29. The topological polar surface area (TPSA) is 38.5 Å². The van der Waals surface area contributed by atoms with Crippen molar-refractivity contribution in [3.05, 3.63) is 0 Å². The third-order valence-electron chi connectivity index (χ3n) is 3.35. The minimum absolute atomic E-state index is 0.188. The van der Waals surface area contributed by atoms with Gasteiger partial charge in [0.1, 0.15) is 0 Å². The van der Waals surface area contributed by atoms with Gasteiger partial charge in [-0.05, 0) is 33.5 Å². The number of hydrogen-bond donors (Lipinski definition) is 1. The van der Waals surface area contributed by atoms with Crippen molar-refractivity contribution in [2.75, 3.05) is 27.7 Å². The van der Waals surface area contributed by atoms with E-state index >= 15 is 0 Å². The van der Waals surface area contributed by atoms with E-state index in [9.17, 15) is 0 Å². The first-order valence-electron chi connectivity index (χ1n) is 5.57. The molecule has 0 radical (unpaired) electrons. The van der Waals surface area contributed by atoms with Gasteiger partial charge in [0.2, 0.25) is 0 Å². The van der Waals surface area contributed by atoms with Gasteiger partial charge in [0.05, 0.1) is 14.1 Å². The Morgan fingerprint density at radius 3 is 2.79 bits per heavy atom. The zero-order chi connectivity index (χ0) is 10.6. The molecule has 0 aliphatic carbocycles. The van der Waals surface area contributed by atoms with Crippen molar-refractivity contribution in [1.29, 1.82) is 0 Å². The summed E-state index contributed by atoms with van der Waals surface area (Å²) in [7, 11) is 5.19. The van der Waals surface area contributed by atoms with Crippen molar-refractivity contribution < 1.29 is 4.74 Å². The lowest BCUT2D eigenvalue weighted by Gasteiger charge is -2.29. The molecule has 14 heavy (non-hydrogen) atoms. The van der Waals surface area contributed by atoms with E-state index in [1.54, 1.807) is 7.11 Å². The Morgan fingerprint density at radius 2 is 2.21 bits per heavy atom. The summed E-state index contributed by atoms with van der Waals surface area (Å²) in [5.74, 6) is 0. The van der Waals surface area contributed by atoms with E-state index in [2.05, 4.69) is 19.0 Å². The fourth-order valence-corrected chi connectivity index (χ4v) is 5.97. The average Bonchev–Trinajstić information content (AvgIpc) is 2.48. The lowest BCUT2D eigenvalue weighted by Crippen LogP contribution is -2.51. The van der Waals surface area contributed by atoms with Gasteiger partial charge in [-0.25, -0.2) is 0 Å². The van der Waals surface area contributed by atoms with Crippen LogP contribution >= 0.6 is 0 Å². The van der Waals surface area contributed by atoms with Crippen molar-refractivity contribution in [1.82, 2.24) is 4.90 Å². The molecule has 1 aliphatic rings. The van der Waals surface area contributed by atoms with E-state index in [1.807, 2.05) is 0 Å². The summed E-state index contributed by atoms with van der Waals surface area (Å²) in [6.07, 6.45) is 3.65. The van der Waals surface area contributed by atoms with Gasteiger partial charge in [0, 0.05) is 7.11 Å². The highest BCUT2D eigenvalue weighted by atomic mass is 28.3. The van der Waals surface area contributed by atoms with Crippen molar-refractivity contribution in [2.24, 2.45) is 5.73 Å². The van der Waals surface area contributed by atoms with E-state index in [0.717, 1.165) is 6.42 Å². The normalized spacial score (nSPS) is 32.8. The van der Waals surface area contributed by atoms with Gasteiger partial charge in [-0.3, -0.25) is 0 Å². The lowest BCUT2D eigenvalue weighted by atomic mass is 10.3. The number of hydrogen-bond acceptors (Lipinski definition) is 3. The molecule has 84 valence electrons. The lowest BCUT2D eigenvalue weighted by molar-refractivity contribution is 0.0618. The summed E-state index contributed by atoms with van der Waals surface area (Å²) in [5.41, 5.74) is 6.25. The van der Waals surface area contributed by atoms with Crippen LogP contribution in [0.25, 0.3) is 0 Å². The summed E-state index contributed by atoms with van der Waals surface area (Å²) in [5, 5.41) is -0.188. The standard InChI is InChI=1S/C10H24N2OSi/c1-12(2)7-5-9-14-8-4-6-10(14,11)13-3/h14H,4-9,11H2,1-3H3. The summed E-state index contributed by atoms with van der Waals surface area (Å²) >= 11 is 0. The van der Waals surface area contributed by atoms with E-state index in [-0.39, 0.29) is 5.35 Å². The fourth-order valence-electron chi connectivity index (χ4n) is 2.38. The van der Waals surface area contributed by atoms with E-state index < -0.39 is 8.80 Å². The van der Waals surface area contributed by atoms with Crippen molar-refractivity contribution in [2.45, 2.75) is 36.7 Å². The second-order valence-electron chi connectivity index (χ2n) is 4.69. The smallest absolute Gasteiger partial charge is 0.0988 e. The Labute approximate surface area is 89.2 Å². The molecule has 1 saturated heterocycles. The zero-order valence-electron chi connectivity index (χ0n) is 9.75. The van der Waals surface area contributed by atoms with Gasteiger partial charge in [-0.1, -0.05) is 18.5 Å². The molecule has 3 nitrogen and oxygen atoms in total. The molecule has 1 aliphatic heterocycles. The maximum Gasteiger partial charge on any atom is 0.0988 e. The molecule has 0 aromatic carbocycles. The molecule has 1 heterocycles. The molecule has 0 spiro atoms. The third-order valence-corrected chi connectivity index (χ3v) is 7.47. The number of ether oxygens (including phenoxy) is 1. The van der Waals surface area contributed by atoms with Gasteiger partial charge in [-0.15, -0.1) is 0 Å². The summed E-state index contributed by atoms with van der Waals surface area (Å²) in [6, 6.07) is 2.71. The van der Waals surface area contributed by atoms with Crippen LogP contribution in [0.15, 0.2) is 0 Å². The predicted octanol–water partition coefficient (Wildman–Crippen LogP) is 0.800. The highest BCUT2D eigenvalue weighted by molar-refractivity contribution is 6.62. The van der Waals surface area contributed by atoms with Gasteiger partial charge < -0.3 is 15.4 Å². The second-order valence-corrected chi connectivity index (χ2v) is 8.22. The Hall–Kier alpha value is 0.0969. The van der Waals surface area contributed by atoms with Gasteiger partial charge in [0.15, 0.2) is 0 Å². The molecule has 0 saturated carbocycles. The minimum Gasteiger partial charge on any atom is -0.368 e. The van der Waals surface area contributed by atoms with E-state index in [1.165, 1.54) is 31.5 Å². The molecule has 2 atom stereocenters. The van der Waals surface area contributed by atoms with Gasteiger partial charge in [-0.2, -0.15) is 0 Å². The summed E-state index contributed by atoms with van der Waals surface area (Å²) in [6.45, 7) is 1.18. The number of methoxy groups -OCH3 is 1. The Morgan fingerprint density at radius 1 is 1.50 bits per heavy atom. The highest BCUT2D eigenvalue weighted by Crippen LogP contribution is 2.31. The van der Waals surface area contributed by atoms with Crippen LogP contribution in [-0.2, 0) is 4.74 Å². The Kier molecular flexibility index (Phi) is 4.57. The van der Waals surface area contributed by atoms with Crippen LogP contribution in [0.3, 0.4) is 0 Å². The molecule has 1 fully saturated rings. The summed E-state index contributed by atoms with van der Waals surface area (Å²) < 4.78 is 5.49. The Bertz CT molecular complexity index is 178. The maximum atomic E-state index is 6.25. The van der Waals surface area contributed by atoms with Crippen molar-refractivity contribution in [3.63, 3.8) is 0 Å². The number of rotatable bonds is 5. The number of nitrogens with zero attached hydrogens (tertiary/aromatic N) is 1. The summed E-state index contributed by atoms with van der Waals surface area (Å²) in [4.78, 5) is 2.24. The first-order chi connectivity index (χ1) is 6.58. The molecule has 0 bridgehead atoms. The highest BCUT2D eigenvalue weighted by Gasteiger charge is 2.40. The molecule has 1 rings (SSSR count). The molecule has 0 aromatic heterocycles. The third kappa shape index (κ3) is 3.05. The first-order valence-corrected chi connectivity index (χ1v) is 7.78. The first kappa shape index (κ1) is 12.2. The molecular formula is C10H24N2OSi. The largest absolute Gasteiger partial charge is 0.368 e.